The zero-order valence-electron chi connectivity index (χ0n) is 19.8. The first-order valence-corrected chi connectivity index (χ1v) is 11.8. The van der Waals surface area contributed by atoms with Crippen molar-refractivity contribution in [3.05, 3.63) is 77.0 Å². The van der Waals surface area contributed by atoms with Gasteiger partial charge in [0, 0.05) is 37.6 Å². The zero-order chi connectivity index (χ0) is 23.4. The van der Waals surface area contributed by atoms with Gasteiger partial charge in [0.1, 0.15) is 0 Å². The number of nitrogens with one attached hydrogen (secondary N) is 1. The first-order chi connectivity index (χ1) is 15.9. The molecule has 0 saturated heterocycles. The van der Waals surface area contributed by atoms with Gasteiger partial charge in [-0.1, -0.05) is 48.0 Å². The van der Waals surface area contributed by atoms with E-state index < -0.39 is 0 Å². The molecule has 0 aliphatic heterocycles. The Morgan fingerprint density at radius 2 is 1.70 bits per heavy atom. The van der Waals surface area contributed by atoms with Crippen LogP contribution in [0.4, 0.5) is 0 Å². The molecule has 1 aliphatic rings. The minimum atomic E-state index is 0.0137. The monoisotopic (exact) mass is 443 g/mol. The molecule has 1 N–H and O–H groups in total. The summed E-state index contributed by atoms with van der Waals surface area (Å²) in [5.41, 5.74) is 4.87. The molecule has 5 nitrogen and oxygen atoms in total. The van der Waals surface area contributed by atoms with Crippen LogP contribution in [0.25, 0.3) is 10.9 Å². The molecule has 2 aromatic carbocycles. The molecule has 0 radical (unpaired) electrons. The highest BCUT2D eigenvalue weighted by molar-refractivity contribution is 6.06. The zero-order valence-corrected chi connectivity index (χ0v) is 19.8. The minimum Gasteiger partial charge on any atom is -0.356 e. The third-order valence-corrected chi connectivity index (χ3v) is 6.71. The van der Waals surface area contributed by atoms with Crippen LogP contribution in [0.5, 0.6) is 0 Å². The molecule has 5 heteroatoms. The Morgan fingerprint density at radius 3 is 2.39 bits per heavy atom. The lowest BCUT2D eigenvalue weighted by Crippen LogP contribution is -2.32. The first-order valence-electron chi connectivity index (χ1n) is 11.8. The Kier molecular flexibility index (Phi) is 7.07. The van der Waals surface area contributed by atoms with Crippen molar-refractivity contribution < 1.29 is 9.59 Å². The van der Waals surface area contributed by atoms with E-state index in [1.165, 1.54) is 5.56 Å². The number of benzene rings is 2. The maximum absolute atomic E-state index is 12.8. The normalized spacial score (nSPS) is 18.2. The molecule has 0 unspecified atom stereocenters. The van der Waals surface area contributed by atoms with Gasteiger partial charge in [0.15, 0.2) is 0 Å². The van der Waals surface area contributed by atoms with Crippen molar-refractivity contribution in [1.29, 1.82) is 0 Å². The molecule has 1 heterocycles. The summed E-state index contributed by atoms with van der Waals surface area (Å²) in [5, 5.41) is 4.03. The van der Waals surface area contributed by atoms with Gasteiger partial charge in [-0.2, -0.15) is 0 Å². The van der Waals surface area contributed by atoms with Crippen molar-refractivity contribution in [2.24, 2.45) is 5.92 Å². The Morgan fingerprint density at radius 1 is 1.00 bits per heavy atom. The van der Waals surface area contributed by atoms with Gasteiger partial charge in [-0.15, -0.1) is 0 Å². The standard InChI is InChI=1S/C28H33N3O2/c1-19-8-10-20(11-9-19)16-27(32)29-18-21-12-14-22(15-13-21)26-17-24(28(33)31(2)3)23-6-4-5-7-25(23)30-26/h4-11,17,21-22H,12-16,18H2,1-3H3,(H,29,32). The topological polar surface area (TPSA) is 62.3 Å². The van der Waals surface area contributed by atoms with Gasteiger partial charge in [0.2, 0.25) is 5.91 Å². The largest absolute Gasteiger partial charge is 0.356 e. The second-order valence-electron chi connectivity index (χ2n) is 9.50. The van der Waals surface area contributed by atoms with E-state index >= 15 is 0 Å². The lowest BCUT2D eigenvalue weighted by atomic mass is 9.80. The van der Waals surface area contributed by atoms with Crippen LogP contribution in [0.15, 0.2) is 54.6 Å². The summed E-state index contributed by atoms with van der Waals surface area (Å²) in [5.74, 6) is 0.943. The number of rotatable bonds is 6. The van der Waals surface area contributed by atoms with Crippen molar-refractivity contribution in [3.8, 4) is 0 Å². The quantitative estimate of drug-likeness (QED) is 0.591. The van der Waals surface area contributed by atoms with Gasteiger partial charge in [-0.05, 0) is 56.2 Å². The maximum atomic E-state index is 12.8. The highest BCUT2D eigenvalue weighted by Gasteiger charge is 2.25. The van der Waals surface area contributed by atoms with E-state index in [0.29, 0.717) is 18.3 Å². The van der Waals surface area contributed by atoms with Crippen LogP contribution in [0.3, 0.4) is 0 Å². The van der Waals surface area contributed by atoms with Crippen LogP contribution in [0.2, 0.25) is 0 Å². The van der Waals surface area contributed by atoms with Crippen molar-refractivity contribution in [3.63, 3.8) is 0 Å². The summed E-state index contributed by atoms with van der Waals surface area (Å²) in [4.78, 5) is 31.7. The summed E-state index contributed by atoms with van der Waals surface area (Å²) in [7, 11) is 3.57. The third kappa shape index (κ3) is 5.59. The van der Waals surface area contributed by atoms with Crippen molar-refractivity contribution in [2.45, 2.75) is 44.9 Å². The van der Waals surface area contributed by atoms with E-state index in [-0.39, 0.29) is 11.8 Å². The number of fused-ring (bicyclic) bond motifs is 1. The Hall–Kier alpha value is -3.21. The molecule has 3 aromatic rings. The molecule has 1 fully saturated rings. The summed E-state index contributed by atoms with van der Waals surface area (Å²) in [6.07, 6.45) is 4.60. The Bertz CT molecular complexity index is 1130. The molecule has 0 atom stereocenters. The SMILES string of the molecule is Cc1ccc(CC(=O)NCC2CCC(c3cc(C(=O)N(C)C)c4ccccc4n3)CC2)cc1. The molecule has 1 aliphatic carbocycles. The minimum absolute atomic E-state index is 0.0137. The van der Waals surface area contributed by atoms with E-state index in [0.717, 1.165) is 60.0 Å². The highest BCUT2D eigenvalue weighted by atomic mass is 16.2. The lowest BCUT2D eigenvalue weighted by molar-refractivity contribution is -0.120. The van der Waals surface area contributed by atoms with Crippen LogP contribution in [0, 0.1) is 12.8 Å². The summed E-state index contributed by atoms with van der Waals surface area (Å²) in [6.45, 7) is 2.78. The number of para-hydroxylation sites is 1. The molecular weight excluding hydrogens is 410 g/mol. The predicted octanol–water partition coefficient (Wildman–Crippen LogP) is 4.88. The maximum Gasteiger partial charge on any atom is 0.254 e. The van der Waals surface area contributed by atoms with E-state index in [1.807, 2.05) is 54.6 Å². The third-order valence-electron chi connectivity index (χ3n) is 6.71. The van der Waals surface area contributed by atoms with Crippen LogP contribution in [-0.4, -0.2) is 42.3 Å². The van der Waals surface area contributed by atoms with E-state index in [1.54, 1.807) is 19.0 Å². The van der Waals surface area contributed by atoms with Gasteiger partial charge in [0.05, 0.1) is 17.5 Å². The van der Waals surface area contributed by atoms with Crippen LogP contribution in [-0.2, 0) is 11.2 Å². The average molecular weight is 444 g/mol. The van der Waals surface area contributed by atoms with Crippen molar-refractivity contribution in [1.82, 2.24) is 15.2 Å². The number of amides is 2. The van der Waals surface area contributed by atoms with E-state index in [2.05, 4.69) is 12.2 Å². The summed E-state index contributed by atoms with van der Waals surface area (Å²) >= 11 is 0. The molecule has 2 amide bonds. The fourth-order valence-corrected chi connectivity index (χ4v) is 4.70. The second-order valence-corrected chi connectivity index (χ2v) is 9.50. The average Bonchev–Trinajstić information content (AvgIpc) is 2.83. The number of carbonyl (C=O) groups is 2. The number of aromatic nitrogens is 1. The fourth-order valence-electron chi connectivity index (χ4n) is 4.70. The summed E-state index contributed by atoms with van der Waals surface area (Å²) in [6, 6.07) is 18.0. The van der Waals surface area contributed by atoms with E-state index in [9.17, 15) is 9.59 Å². The molecule has 1 saturated carbocycles. The molecule has 172 valence electrons. The predicted molar refractivity (Wildman–Crippen MR) is 132 cm³/mol. The number of carbonyl (C=O) groups excluding carboxylic acids is 2. The van der Waals surface area contributed by atoms with Gasteiger partial charge in [0.25, 0.3) is 5.91 Å². The van der Waals surface area contributed by atoms with Crippen molar-refractivity contribution >= 4 is 22.7 Å². The number of nitrogens with zero attached hydrogens (tertiary/aromatic N) is 2. The smallest absolute Gasteiger partial charge is 0.254 e. The number of pyridine rings is 1. The Labute approximate surface area is 196 Å². The molecule has 33 heavy (non-hydrogen) atoms. The molecule has 0 spiro atoms. The lowest BCUT2D eigenvalue weighted by Gasteiger charge is -2.29. The highest BCUT2D eigenvalue weighted by Crippen LogP contribution is 2.36. The van der Waals surface area contributed by atoms with Gasteiger partial charge in [-0.25, -0.2) is 0 Å². The van der Waals surface area contributed by atoms with Gasteiger partial charge in [-0.3, -0.25) is 14.6 Å². The van der Waals surface area contributed by atoms with Crippen LogP contribution < -0.4 is 5.32 Å². The summed E-state index contributed by atoms with van der Waals surface area (Å²) < 4.78 is 0. The van der Waals surface area contributed by atoms with Crippen LogP contribution >= 0.6 is 0 Å². The molecule has 0 bridgehead atoms. The van der Waals surface area contributed by atoms with Crippen LogP contribution in [0.1, 0.15) is 58.8 Å². The first kappa shape index (κ1) is 23.0. The second kappa shape index (κ2) is 10.2. The van der Waals surface area contributed by atoms with Gasteiger partial charge >= 0.3 is 0 Å². The number of aryl methyl sites for hydroxylation is 1. The number of hydrogen-bond donors (Lipinski definition) is 1. The molecule has 1 aromatic heterocycles. The Balaban J connectivity index is 1.36. The van der Waals surface area contributed by atoms with E-state index in [4.69, 9.17) is 4.98 Å². The number of hydrogen-bond acceptors (Lipinski definition) is 3. The fraction of sp³-hybridized carbons (Fsp3) is 0.393. The van der Waals surface area contributed by atoms with Crippen molar-refractivity contribution in [2.75, 3.05) is 20.6 Å². The molecular formula is C28H33N3O2. The molecule has 4 rings (SSSR count). The van der Waals surface area contributed by atoms with Gasteiger partial charge < -0.3 is 10.2 Å².